The van der Waals surface area contributed by atoms with E-state index in [1.54, 1.807) is 0 Å². The molecule has 0 saturated carbocycles. The molecule has 1 aromatic heterocycles. The van der Waals surface area contributed by atoms with Crippen LogP contribution in [0.1, 0.15) is 16.1 Å². The van der Waals surface area contributed by atoms with Crippen LogP contribution in [0.5, 0.6) is 0 Å². The molecular weight excluding hydrogens is 266 g/mol. The van der Waals surface area contributed by atoms with Gasteiger partial charge in [0.1, 0.15) is 17.1 Å². The van der Waals surface area contributed by atoms with E-state index in [4.69, 9.17) is 0 Å². The molecule has 19 heavy (non-hydrogen) atoms. The van der Waals surface area contributed by atoms with E-state index in [1.165, 1.54) is 12.1 Å². The highest BCUT2D eigenvalue weighted by atomic mass is 19.4. The van der Waals surface area contributed by atoms with Gasteiger partial charge in [0.05, 0.1) is 6.20 Å². The third-order valence-electron chi connectivity index (χ3n) is 2.27. The molecule has 1 amide bonds. The van der Waals surface area contributed by atoms with E-state index < -0.39 is 29.2 Å². The summed E-state index contributed by atoms with van der Waals surface area (Å²) in [6.45, 7) is 0. The second kappa shape index (κ2) is 4.71. The van der Waals surface area contributed by atoms with Crippen LogP contribution in [-0.2, 0) is 6.18 Å². The number of hydrogen-bond acceptors (Lipinski definition) is 2. The number of carbonyl (C=O) groups is 1. The van der Waals surface area contributed by atoms with Gasteiger partial charge in [-0.3, -0.25) is 9.89 Å². The van der Waals surface area contributed by atoms with Crippen LogP contribution in [-0.4, -0.2) is 16.1 Å². The van der Waals surface area contributed by atoms with Crippen LogP contribution < -0.4 is 5.32 Å². The van der Waals surface area contributed by atoms with Gasteiger partial charge >= 0.3 is 6.18 Å². The van der Waals surface area contributed by atoms with Crippen LogP contribution in [0.2, 0.25) is 0 Å². The highest BCUT2D eigenvalue weighted by Gasteiger charge is 2.37. The molecule has 1 heterocycles. The third-order valence-corrected chi connectivity index (χ3v) is 2.27. The number of halogens is 4. The molecule has 0 spiro atoms. The summed E-state index contributed by atoms with van der Waals surface area (Å²) in [5.41, 5.74) is -1.68. The zero-order valence-electron chi connectivity index (χ0n) is 9.25. The number of anilines is 1. The van der Waals surface area contributed by atoms with E-state index in [-0.39, 0.29) is 5.69 Å². The molecule has 2 N–H and O–H groups in total. The molecular formula is C11H7F4N3O. The minimum atomic E-state index is -4.68. The number of H-pyrrole nitrogens is 1. The van der Waals surface area contributed by atoms with E-state index in [9.17, 15) is 22.4 Å². The van der Waals surface area contributed by atoms with Gasteiger partial charge in [-0.15, -0.1) is 0 Å². The Morgan fingerprint density at radius 2 is 1.84 bits per heavy atom. The lowest BCUT2D eigenvalue weighted by Gasteiger charge is -2.07. The first-order valence-electron chi connectivity index (χ1n) is 5.05. The van der Waals surface area contributed by atoms with Crippen molar-refractivity contribution in [2.45, 2.75) is 6.18 Å². The summed E-state index contributed by atoms with van der Waals surface area (Å²) in [4.78, 5) is 11.7. The minimum Gasteiger partial charge on any atom is -0.321 e. The third kappa shape index (κ3) is 2.90. The van der Waals surface area contributed by atoms with Crippen LogP contribution in [0.4, 0.5) is 23.2 Å². The molecule has 0 saturated heterocycles. The van der Waals surface area contributed by atoms with Gasteiger partial charge in [0.25, 0.3) is 5.91 Å². The molecule has 0 radical (unpaired) electrons. The summed E-state index contributed by atoms with van der Waals surface area (Å²) in [5, 5.41) is 7.39. The Kier molecular flexibility index (Phi) is 3.24. The van der Waals surface area contributed by atoms with Crippen molar-refractivity contribution < 1.29 is 22.4 Å². The predicted molar refractivity (Wildman–Crippen MR) is 57.9 cm³/mol. The molecule has 100 valence electrons. The molecule has 0 fully saturated rings. The largest absolute Gasteiger partial charge is 0.420 e. The monoisotopic (exact) mass is 273 g/mol. The number of amides is 1. The lowest BCUT2D eigenvalue weighted by molar-refractivity contribution is -0.137. The zero-order chi connectivity index (χ0) is 14.0. The maximum atomic E-state index is 12.6. The topological polar surface area (TPSA) is 57.8 Å². The van der Waals surface area contributed by atoms with E-state index in [0.717, 1.165) is 12.1 Å². The SMILES string of the molecule is O=C(Nc1ccc(F)cc1)c1[nH]ncc1C(F)(F)F. The molecule has 1 aromatic carbocycles. The van der Waals surface area contributed by atoms with Gasteiger partial charge in [-0.05, 0) is 24.3 Å². The number of aromatic amines is 1. The summed E-state index contributed by atoms with van der Waals surface area (Å²) in [6.07, 6.45) is -4.15. The number of nitrogens with zero attached hydrogens (tertiary/aromatic N) is 1. The maximum absolute atomic E-state index is 12.6. The van der Waals surface area contributed by atoms with Gasteiger partial charge in [0.15, 0.2) is 0 Å². The Morgan fingerprint density at radius 1 is 1.21 bits per heavy atom. The number of hydrogen-bond donors (Lipinski definition) is 2. The molecule has 0 aliphatic carbocycles. The highest BCUT2D eigenvalue weighted by Crippen LogP contribution is 2.31. The molecule has 4 nitrogen and oxygen atoms in total. The van der Waals surface area contributed by atoms with Gasteiger partial charge < -0.3 is 5.32 Å². The molecule has 0 aliphatic rings. The zero-order valence-corrected chi connectivity index (χ0v) is 9.25. The van der Waals surface area contributed by atoms with E-state index in [2.05, 4.69) is 10.4 Å². The predicted octanol–water partition coefficient (Wildman–Crippen LogP) is 2.82. The lowest BCUT2D eigenvalue weighted by atomic mass is 10.2. The van der Waals surface area contributed by atoms with Crippen LogP contribution in [0.15, 0.2) is 30.5 Å². The van der Waals surface area contributed by atoms with Crippen molar-refractivity contribution in [3.8, 4) is 0 Å². The van der Waals surface area contributed by atoms with Crippen molar-refractivity contribution in [1.82, 2.24) is 10.2 Å². The quantitative estimate of drug-likeness (QED) is 0.826. The summed E-state index contributed by atoms with van der Waals surface area (Å²) in [5.74, 6) is -1.52. The second-order valence-corrected chi connectivity index (χ2v) is 3.62. The van der Waals surface area contributed by atoms with Gasteiger partial charge in [-0.25, -0.2) is 4.39 Å². The first kappa shape index (κ1) is 13.1. The minimum absolute atomic E-state index is 0.175. The number of rotatable bonds is 2. The summed E-state index contributed by atoms with van der Waals surface area (Å²) < 4.78 is 50.3. The fraction of sp³-hybridized carbons (Fsp3) is 0.0909. The average molecular weight is 273 g/mol. The van der Waals surface area contributed by atoms with Gasteiger partial charge in [0.2, 0.25) is 0 Å². The molecule has 8 heteroatoms. The van der Waals surface area contributed by atoms with Crippen LogP contribution in [0, 0.1) is 5.82 Å². The normalized spacial score (nSPS) is 11.4. The molecule has 0 unspecified atom stereocenters. The number of alkyl halides is 3. The molecule has 0 aliphatic heterocycles. The second-order valence-electron chi connectivity index (χ2n) is 3.62. The van der Waals surface area contributed by atoms with E-state index in [0.29, 0.717) is 6.20 Å². The number of nitrogens with one attached hydrogen (secondary N) is 2. The Morgan fingerprint density at radius 3 is 2.42 bits per heavy atom. The number of aromatic nitrogens is 2. The van der Waals surface area contributed by atoms with Crippen molar-refractivity contribution in [3.05, 3.63) is 47.5 Å². The van der Waals surface area contributed by atoms with Crippen molar-refractivity contribution in [1.29, 1.82) is 0 Å². The fourth-order valence-corrected chi connectivity index (χ4v) is 1.40. The molecule has 2 rings (SSSR count). The first-order valence-corrected chi connectivity index (χ1v) is 5.05. The standard InChI is InChI=1S/C11H7F4N3O/c12-6-1-3-7(4-2-6)17-10(19)9-8(5-16-18-9)11(13,14)15/h1-5H,(H,16,18)(H,17,19). The van der Waals surface area contributed by atoms with Crippen LogP contribution in [0.25, 0.3) is 0 Å². The van der Waals surface area contributed by atoms with Crippen molar-refractivity contribution in [2.24, 2.45) is 0 Å². The van der Waals surface area contributed by atoms with Crippen LogP contribution >= 0.6 is 0 Å². The fourth-order valence-electron chi connectivity index (χ4n) is 1.40. The summed E-state index contributed by atoms with van der Waals surface area (Å²) in [7, 11) is 0. The first-order chi connectivity index (χ1) is 8.88. The molecule has 0 atom stereocenters. The van der Waals surface area contributed by atoms with Crippen LogP contribution in [0.3, 0.4) is 0 Å². The van der Waals surface area contributed by atoms with E-state index in [1.807, 2.05) is 5.10 Å². The maximum Gasteiger partial charge on any atom is 0.420 e. The molecule has 2 aromatic rings. The van der Waals surface area contributed by atoms with Gasteiger partial charge in [-0.2, -0.15) is 18.3 Å². The van der Waals surface area contributed by atoms with Crippen molar-refractivity contribution in [2.75, 3.05) is 5.32 Å². The summed E-state index contributed by atoms with van der Waals surface area (Å²) in [6, 6.07) is 4.62. The Labute approximate surface area is 104 Å². The average Bonchev–Trinajstić information content (AvgIpc) is 2.81. The summed E-state index contributed by atoms with van der Waals surface area (Å²) >= 11 is 0. The van der Waals surface area contributed by atoms with E-state index >= 15 is 0 Å². The van der Waals surface area contributed by atoms with Crippen molar-refractivity contribution >= 4 is 11.6 Å². The van der Waals surface area contributed by atoms with Crippen molar-refractivity contribution in [3.63, 3.8) is 0 Å². The number of benzene rings is 1. The Bertz CT molecular complexity index is 589. The Hall–Kier alpha value is -2.38. The number of carbonyl (C=O) groups excluding carboxylic acids is 1. The molecule has 0 bridgehead atoms. The van der Waals surface area contributed by atoms with Gasteiger partial charge in [0, 0.05) is 5.69 Å². The Balaban J connectivity index is 2.21. The smallest absolute Gasteiger partial charge is 0.321 e. The van der Waals surface area contributed by atoms with Gasteiger partial charge in [-0.1, -0.05) is 0 Å². The lowest BCUT2D eigenvalue weighted by Crippen LogP contribution is -2.18. The highest BCUT2D eigenvalue weighted by molar-refractivity contribution is 6.03.